The van der Waals surface area contributed by atoms with Gasteiger partial charge in [-0.15, -0.1) is 0 Å². The normalized spacial score (nSPS) is 31.0. The molecule has 2 aliphatic heterocycles. The Morgan fingerprint density at radius 2 is 2.27 bits per heavy atom. The first kappa shape index (κ1) is 9.46. The van der Waals surface area contributed by atoms with Crippen molar-refractivity contribution in [1.82, 2.24) is 9.47 Å². The molecule has 0 saturated carbocycles. The molecule has 15 heavy (non-hydrogen) atoms. The third-order valence-corrected chi connectivity index (χ3v) is 4.16. The fourth-order valence-corrected chi connectivity index (χ4v) is 3.38. The van der Waals surface area contributed by atoms with Crippen molar-refractivity contribution in [2.45, 2.75) is 51.2 Å². The van der Waals surface area contributed by atoms with Crippen LogP contribution in [-0.4, -0.2) is 22.1 Å². The zero-order valence-electron chi connectivity index (χ0n) is 9.52. The number of aromatic nitrogens is 1. The molecule has 0 aliphatic carbocycles. The summed E-state index contributed by atoms with van der Waals surface area (Å²) in [4.78, 5) is 2.75. The Balaban J connectivity index is 1.92. The predicted octanol–water partition coefficient (Wildman–Crippen LogP) is 2.81. The molecule has 1 aromatic rings. The molecule has 2 heteroatoms. The van der Waals surface area contributed by atoms with E-state index in [1.807, 2.05) is 0 Å². The summed E-state index contributed by atoms with van der Waals surface area (Å²) in [5, 5.41) is 0. The third kappa shape index (κ3) is 1.43. The van der Waals surface area contributed by atoms with E-state index >= 15 is 0 Å². The van der Waals surface area contributed by atoms with Crippen molar-refractivity contribution in [1.29, 1.82) is 0 Å². The Bertz CT molecular complexity index is 342. The van der Waals surface area contributed by atoms with E-state index in [2.05, 4.69) is 34.7 Å². The van der Waals surface area contributed by atoms with Crippen molar-refractivity contribution in [3.8, 4) is 0 Å². The number of hydrogen-bond acceptors (Lipinski definition) is 1. The molecule has 0 aromatic carbocycles. The van der Waals surface area contributed by atoms with Crippen molar-refractivity contribution in [2.24, 2.45) is 0 Å². The van der Waals surface area contributed by atoms with Gasteiger partial charge in [-0.05, 0) is 37.8 Å². The minimum Gasteiger partial charge on any atom is -0.349 e. The van der Waals surface area contributed by atoms with E-state index < -0.39 is 0 Å². The number of hydrogen-bond donors (Lipinski definition) is 0. The molecule has 1 saturated heterocycles. The van der Waals surface area contributed by atoms with E-state index in [-0.39, 0.29) is 0 Å². The van der Waals surface area contributed by atoms with Gasteiger partial charge in [0.25, 0.3) is 0 Å². The molecule has 1 fully saturated rings. The van der Waals surface area contributed by atoms with Gasteiger partial charge in [-0.25, -0.2) is 0 Å². The largest absolute Gasteiger partial charge is 0.349 e. The Kier molecular flexibility index (Phi) is 2.32. The van der Waals surface area contributed by atoms with Crippen LogP contribution in [0.1, 0.15) is 44.3 Å². The summed E-state index contributed by atoms with van der Waals surface area (Å²) in [5.74, 6) is 0. The molecule has 2 nitrogen and oxygen atoms in total. The molecular weight excluding hydrogens is 184 g/mol. The topological polar surface area (TPSA) is 8.17 Å². The third-order valence-electron chi connectivity index (χ3n) is 4.16. The van der Waals surface area contributed by atoms with Gasteiger partial charge < -0.3 is 4.57 Å². The maximum Gasteiger partial charge on any atom is 0.0504 e. The molecule has 0 N–H and O–H groups in total. The second kappa shape index (κ2) is 3.67. The lowest BCUT2D eigenvalue weighted by molar-refractivity contribution is 0.0548. The summed E-state index contributed by atoms with van der Waals surface area (Å²) in [7, 11) is 0. The summed E-state index contributed by atoms with van der Waals surface area (Å²) in [6.07, 6.45) is 7.73. The molecule has 82 valence electrons. The molecule has 2 atom stereocenters. The van der Waals surface area contributed by atoms with Gasteiger partial charge in [0.05, 0.1) is 6.04 Å². The van der Waals surface area contributed by atoms with Crippen LogP contribution in [0.2, 0.25) is 0 Å². The predicted molar refractivity (Wildman–Crippen MR) is 61.8 cm³/mol. The summed E-state index contributed by atoms with van der Waals surface area (Å²) in [6, 6.07) is 6.07. The van der Waals surface area contributed by atoms with Crippen LogP contribution in [0.25, 0.3) is 0 Å². The van der Waals surface area contributed by atoms with Gasteiger partial charge in [0.2, 0.25) is 0 Å². The zero-order valence-corrected chi connectivity index (χ0v) is 9.52. The number of rotatable bonds is 1. The van der Waals surface area contributed by atoms with E-state index in [1.54, 1.807) is 5.69 Å². The molecule has 0 bridgehead atoms. The monoisotopic (exact) mass is 204 g/mol. The lowest BCUT2D eigenvalue weighted by Crippen LogP contribution is -2.46. The molecule has 0 radical (unpaired) electrons. The van der Waals surface area contributed by atoms with Crippen LogP contribution in [0.4, 0.5) is 0 Å². The van der Waals surface area contributed by atoms with Gasteiger partial charge in [0.1, 0.15) is 0 Å². The van der Waals surface area contributed by atoms with Crippen LogP contribution < -0.4 is 0 Å². The molecular formula is C13H20N2. The molecule has 3 rings (SSSR count). The van der Waals surface area contributed by atoms with E-state index in [4.69, 9.17) is 0 Å². The molecule has 0 amide bonds. The molecule has 0 unspecified atom stereocenters. The van der Waals surface area contributed by atoms with Gasteiger partial charge in [-0.1, -0.05) is 6.92 Å². The summed E-state index contributed by atoms with van der Waals surface area (Å²) in [5.41, 5.74) is 1.56. The van der Waals surface area contributed by atoms with E-state index in [0.717, 1.165) is 6.04 Å². The average molecular weight is 204 g/mol. The van der Waals surface area contributed by atoms with Crippen LogP contribution in [0.3, 0.4) is 0 Å². The molecule has 2 aliphatic rings. The Labute approximate surface area is 91.9 Å². The second-order valence-electron chi connectivity index (χ2n) is 4.87. The Morgan fingerprint density at radius 1 is 1.33 bits per heavy atom. The molecule has 3 heterocycles. The van der Waals surface area contributed by atoms with Crippen molar-refractivity contribution in [2.75, 3.05) is 6.54 Å². The highest BCUT2D eigenvalue weighted by atomic mass is 15.3. The van der Waals surface area contributed by atoms with Crippen molar-refractivity contribution in [3.05, 3.63) is 24.0 Å². The highest BCUT2D eigenvalue weighted by Crippen LogP contribution is 2.37. The smallest absolute Gasteiger partial charge is 0.0504 e. The Hall–Kier alpha value is -0.760. The minimum absolute atomic E-state index is 0.715. The fraction of sp³-hybridized carbons (Fsp3) is 0.692. The van der Waals surface area contributed by atoms with Gasteiger partial charge >= 0.3 is 0 Å². The van der Waals surface area contributed by atoms with Crippen molar-refractivity contribution in [3.63, 3.8) is 0 Å². The van der Waals surface area contributed by atoms with Gasteiger partial charge in [0.15, 0.2) is 0 Å². The number of piperidine rings is 1. The molecule has 1 aromatic heterocycles. The first-order chi connectivity index (χ1) is 7.40. The van der Waals surface area contributed by atoms with E-state index in [1.165, 1.54) is 38.8 Å². The van der Waals surface area contributed by atoms with Gasteiger partial charge in [-0.2, -0.15) is 0 Å². The van der Waals surface area contributed by atoms with Crippen LogP contribution in [0.15, 0.2) is 18.3 Å². The highest BCUT2D eigenvalue weighted by Gasteiger charge is 2.34. The van der Waals surface area contributed by atoms with Crippen LogP contribution in [-0.2, 0) is 6.54 Å². The van der Waals surface area contributed by atoms with Gasteiger partial charge in [-0.3, -0.25) is 4.90 Å². The molecule has 0 spiro atoms. The number of nitrogens with zero attached hydrogens (tertiary/aromatic N) is 2. The van der Waals surface area contributed by atoms with Crippen molar-refractivity contribution < 1.29 is 0 Å². The van der Waals surface area contributed by atoms with Crippen LogP contribution >= 0.6 is 0 Å². The summed E-state index contributed by atoms with van der Waals surface area (Å²) in [6.45, 7) is 4.78. The maximum absolute atomic E-state index is 2.75. The zero-order chi connectivity index (χ0) is 10.3. The standard InChI is InChI=1S/C13H20N2/c1-2-11-5-3-6-13-12-7-4-8-14(12)9-10-15(11)13/h4,7-8,11,13H,2-3,5-6,9-10H2,1H3/t11-,13-/m1/s1. The first-order valence-corrected chi connectivity index (χ1v) is 6.31. The van der Waals surface area contributed by atoms with Crippen molar-refractivity contribution >= 4 is 0 Å². The summed E-state index contributed by atoms with van der Waals surface area (Å²) >= 11 is 0. The minimum atomic E-state index is 0.715. The quantitative estimate of drug-likeness (QED) is 0.683. The highest BCUT2D eigenvalue weighted by molar-refractivity contribution is 5.15. The SMILES string of the molecule is CC[C@@H]1CCC[C@@H]2c3cccn3CCN12. The van der Waals surface area contributed by atoms with E-state index in [0.29, 0.717) is 6.04 Å². The first-order valence-electron chi connectivity index (χ1n) is 6.31. The average Bonchev–Trinajstić information content (AvgIpc) is 2.76. The van der Waals surface area contributed by atoms with Crippen LogP contribution in [0, 0.1) is 0 Å². The lowest BCUT2D eigenvalue weighted by atomic mass is 9.91. The Morgan fingerprint density at radius 3 is 3.13 bits per heavy atom. The van der Waals surface area contributed by atoms with E-state index in [9.17, 15) is 0 Å². The summed E-state index contributed by atoms with van der Waals surface area (Å²) < 4.78 is 2.44. The second-order valence-corrected chi connectivity index (χ2v) is 4.87. The van der Waals surface area contributed by atoms with Gasteiger partial charge in [0, 0.05) is 31.0 Å². The van der Waals surface area contributed by atoms with Crippen LogP contribution in [0.5, 0.6) is 0 Å². The lowest BCUT2D eigenvalue weighted by Gasteiger charge is -2.45. The number of fused-ring (bicyclic) bond motifs is 3. The maximum atomic E-state index is 2.75. The fourth-order valence-electron chi connectivity index (χ4n) is 3.38.